The Morgan fingerprint density at radius 1 is 0.865 bits per heavy atom. The first-order valence-electron chi connectivity index (χ1n) is 12.8. The van der Waals surface area contributed by atoms with Gasteiger partial charge < -0.3 is 14.5 Å². The van der Waals surface area contributed by atoms with E-state index in [1.54, 1.807) is 30.5 Å². The van der Waals surface area contributed by atoms with Crippen LogP contribution in [-0.2, 0) is 0 Å². The molecule has 2 aromatic carbocycles. The molecule has 37 heavy (non-hydrogen) atoms. The van der Waals surface area contributed by atoms with Crippen LogP contribution in [0.1, 0.15) is 54.4 Å². The second-order valence-electron chi connectivity index (χ2n) is 9.19. The van der Waals surface area contributed by atoms with Crippen molar-refractivity contribution in [1.82, 2.24) is 15.0 Å². The lowest BCUT2D eigenvalue weighted by molar-refractivity contribution is 0.0734. The van der Waals surface area contributed by atoms with E-state index in [4.69, 9.17) is 9.72 Å². The van der Waals surface area contributed by atoms with Crippen molar-refractivity contribution in [3.63, 3.8) is 0 Å². The van der Waals surface area contributed by atoms with Gasteiger partial charge in [0.15, 0.2) is 0 Å². The first-order chi connectivity index (χ1) is 18.1. The smallest absolute Gasteiger partial charge is 0.343 e. The van der Waals surface area contributed by atoms with Crippen molar-refractivity contribution >= 4 is 52.6 Å². The van der Waals surface area contributed by atoms with Crippen molar-refractivity contribution in [2.24, 2.45) is 5.10 Å². The number of piperidine rings is 2. The van der Waals surface area contributed by atoms with Crippen LogP contribution in [0, 0.1) is 3.57 Å². The van der Waals surface area contributed by atoms with Crippen LogP contribution in [0.15, 0.2) is 53.6 Å². The minimum Gasteiger partial charge on any atom is -0.423 e. The fourth-order valence-corrected chi connectivity index (χ4v) is 4.99. The molecule has 0 spiro atoms. The number of nitrogens with zero attached hydrogens (tertiary/aromatic N) is 6. The summed E-state index contributed by atoms with van der Waals surface area (Å²) in [5.41, 5.74) is 4.36. The average molecular weight is 611 g/mol. The first-order valence-corrected chi connectivity index (χ1v) is 13.8. The lowest BCUT2D eigenvalue weighted by Gasteiger charge is -2.30. The van der Waals surface area contributed by atoms with E-state index in [1.807, 2.05) is 24.3 Å². The molecule has 3 heterocycles. The minimum atomic E-state index is -0.384. The van der Waals surface area contributed by atoms with Gasteiger partial charge in [0.2, 0.25) is 17.8 Å². The number of carbonyl (C=O) groups is 1. The molecular weight excluding hydrogens is 581 g/mol. The van der Waals surface area contributed by atoms with Gasteiger partial charge in [-0.05, 0) is 109 Å². The first kappa shape index (κ1) is 25.4. The largest absolute Gasteiger partial charge is 0.423 e. The lowest BCUT2D eigenvalue weighted by Crippen LogP contribution is -2.34. The third-order valence-electron chi connectivity index (χ3n) is 6.42. The summed E-state index contributed by atoms with van der Waals surface area (Å²) in [5, 5.41) is 4.36. The number of hydrogen-bond donors (Lipinski definition) is 1. The van der Waals surface area contributed by atoms with E-state index in [2.05, 4.69) is 52.9 Å². The standard InChI is InChI=1S/C27H30IN7O2/c28-22-9-7-8-21(18-22)24(36)37-23-12-10-20(11-13-23)19-29-33-25-30-26(34-14-3-1-4-15-34)32-27(31-25)35-16-5-2-6-17-35/h7-13,18-19H,1-6,14-17H2,(H,30,31,32,33). The number of hydrazone groups is 1. The van der Waals surface area contributed by atoms with Gasteiger partial charge in [-0.1, -0.05) is 6.07 Å². The number of carbonyl (C=O) groups excluding carboxylic acids is 1. The normalized spacial score (nSPS) is 16.1. The zero-order valence-corrected chi connectivity index (χ0v) is 22.8. The quantitative estimate of drug-likeness (QED) is 0.129. The van der Waals surface area contributed by atoms with E-state index in [9.17, 15) is 4.79 Å². The molecule has 9 nitrogen and oxygen atoms in total. The highest BCUT2D eigenvalue weighted by molar-refractivity contribution is 14.1. The summed E-state index contributed by atoms with van der Waals surface area (Å²) in [6, 6.07) is 14.5. The lowest BCUT2D eigenvalue weighted by atomic mass is 10.1. The molecule has 0 saturated carbocycles. The molecule has 0 aliphatic carbocycles. The van der Waals surface area contributed by atoms with E-state index in [0.717, 1.165) is 61.0 Å². The van der Waals surface area contributed by atoms with Crippen molar-refractivity contribution in [3.8, 4) is 5.75 Å². The second kappa shape index (κ2) is 12.3. The molecule has 0 unspecified atom stereocenters. The van der Waals surface area contributed by atoms with Gasteiger partial charge in [0.25, 0.3) is 0 Å². The van der Waals surface area contributed by atoms with Gasteiger partial charge in [-0.15, -0.1) is 0 Å². The Balaban J connectivity index is 1.25. The maximum Gasteiger partial charge on any atom is 0.343 e. The monoisotopic (exact) mass is 611 g/mol. The maximum atomic E-state index is 12.4. The number of esters is 1. The zero-order valence-electron chi connectivity index (χ0n) is 20.6. The molecule has 3 aromatic rings. The van der Waals surface area contributed by atoms with Crippen LogP contribution in [0.3, 0.4) is 0 Å². The van der Waals surface area contributed by atoms with E-state index in [0.29, 0.717) is 29.2 Å². The minimum absolute atomic E-state index is 0.384. The van der Waals surface area contributed by atoms with E-state index < -0.39 is 0 Å². The van der Waals surface area contributed by atoms with E-state index >= 15 is 0 Å². The number of halogens is 1. The third-order valence-corrected chi connectivity index (χ3v) is 7.09. The molecular formula is C27H30IN7O2. The predicted octanol–water partition coefficient (Wildman–Crippen LogP) is 5.12. The van der Waals surface area contributed by atoms with Crippen molar-refractivity contribution in [2.75, 3.05) is 41.4 Å². The Bertz CT molecular complexity index is 1200. The summed E-state index contributed by atoms with van der Waals surface area (Å²) >= 11 is 2.17. The Labute approximate surface area is 230 Å². The number of ether oxygens (including phenoxy) is 1. The molecule has 2 fully saturated rings. The van der Waals surface area contributed by atoms with Crippen LogP contribution < -0.4 is 20.0 Å². The highest BCUT2D eigenvalue weighted by Crippen LogP contribution is 2.22. The number of benzene rings is 2. The van der Waals surface area contributed by atoms with Gasteiger partial charge in [0.05, 0.1) is 11.8 Å². The number of rotatable bonds is 7. The molecule has 2 aliphatic rings. The van der Waals surface area contributed by atoms with E-state index in [-0.39, 0.29) is 5.97 Å². The summed E-state index contributed by atoms with van der Waals surface area (Å²) in [6.45, 7) is 3.86. The van der Waals surface area contributed by atoms with Crippen molar-refractivity contribution < 1.29 is 9.53 Å². The summed E-state index contributed by atoms with van der Waals surface area (Å²) in [5.74, 6) is 1.96. The molecule has 1 aromatic heterocycles. The number of hydrogen-bond acceptors (Lipinski definition) is 9. The molecule has 2 saturated heterocycles. The Hall–Kier alpha value is -3.28. The van der Waals surface area contributed by atoms with Gasteiger partial charge >= 0.3 is 5.97 Å². The Morgan fingerprint density at radius 3 is 2.08 bits per heavy atom. The average Bonchev–Trinajstić information content (AvgIpc) is 2.95. The Morgan fingerprint density at radius 2 is 1.49 bits per heavy atom. The van der Waals surface area contributed by atoms with Crippen LogP contribution in [0.5, 0.6) is 5.75 Å². The van der Waals surface area contributed by atoms with Crippen LogP contribution in [0.2, 0.25) is 0 Å². The number of nitrogens with one attached hydrogen (secondary N) is 1. The number of anilines is 3. The van der Waals surface area contributed by atoms with Crippen molar-refractivity contribution in [1.29, 1.82) is 0 Å². The molecule has 0 bridgehead atoms. The van der Waals surface area contributed by atoms with Gasteiger partial charge in [0, 0.05) is 29.7 Å². The summed E-state index contributed by atoms with van der Waals surface area (Å²) < 4.78 is 6.47. The van der Waals surface area contributed by atoms with Crippen LogP contribution in [-0.4, -0.2) is 53.3 Å². The highest BCUT2D eigenvalue weighted by Gasteiger charge is 2.20. The summed E-state index contributed by atoms with van der Waals surface area (Å²) in [4.78, 5) is 31.0. The van der Waals surface area contributed by atoms with Crippen LogP contribution in [0.4, 0.5) is 17.8 Å². The second-order valence-corrected chi connectivity index (χ2v) is 10.4. The number of aromatic nitrogens is 3. The fourth-order valence-electron chi connectivity index (χ4n) is 4.44. The SMILES string of the molecule is O=C(Oc1ccc(C=NNc2nc(N3CCCCC3)nc(N3CCCCC3)n2)cc1)c1cccc(I)c1. The maximum absolute atomic E-state index is 12.4. The zero-order chi connectivity index (χ0) is 25.5. The molecule has 0 atom stereocenters. The van der Waals surface area contributed by atoms with Gasteiger partial charge in [0.1, 0.15) is 5.75 Å². The molecule has 1 N–H and O–H groups in total. The topological polar surface area (TPSA) is 95.8 Å². The van der Waals surface area contributed by atoms with Gasteiger partial charge in [-0.2, -0.15) is 20.1 Å². The molecule has 10 heteroatoms. The van der Waals surface area contributed by atoms with Crippen LogP contribution in [0.25, 0.3) is 0 Å². The predicted molar refractivity (Wildman–Crippen MR) is 154 cm³/mol. The summed E-state index contributed by atoms with van der Waals surface area (Å²) in [6.07, 6.45) is 8.81. The highest BCUT2D eigenvalue weighted by atomic mass is 127. The van der Waals surface area contributed by atoms with Crippen LogP contribution >= 0.6 is 22.6 Å². The van der Waals surface area contributed by atoms with E-state index in [1.165, 1.54) is 12.8 Å². The molecule has 192 valence electrons. The molecule has 2 aliphatic heterocycles. The molecule has 5 rings (SSSR count). The van der Waals surface area contributed by atoms with Gasteiger partial charge in [-0.25, -0.2) is 10.2 Å². The Kier molecular flexibility index (Phi) is 8.44. The third kappa shape index (κ3) is 6.94. The van der Waals surface area contributed by atoms with Gasteiger partial charge in [-0.3, -0.25) is 0 Å². The summed E-state index contributed by atoms with van der Waals surface area (Å²) in [7, 11) is 0. The molecule has 0 radical (unpaired) electrons. The molecule has 0 amide bonds. The fraction of sp³-hybridized carbons (Fsp3) is 0.370. The van der Waals surface area contributed by atoms with Crippen molar-refractivity contribution in [3.05, 3.63) is 63.2 Å². The van der Waals surface area contributed by atoms with Crippen molar-refractivity contribution in [2.45, 2.75) is 38.5 Å².